The minimum absolute atomic E-state index is 0.149. The van der Waals surface area contributed by atoms with E-state index >= 15 is 0 Å². The summed E-state index contributed by atoms with van der Waals surface area (Å²) in [6.07, 6.45) is 4.23. The number of anilines is 2. The summed E-state index contributed by atoms with van der Waals surface area (Å²) in [7, 11) is 0. The number of aryl methyl sites for hydroxylation is 1. The summed E-state index contributed by atoms with van der Waals surface area (Å²) in [6.45, 7) is 6.22. The van der Waals surface area contributed by atoms with Gasteiger partial charge in [0, 0.05) is 12.2 Å². The molecule has 34 heavy (non-hydrogen) atoms. The summed E-state index contributed by atoms with van der Waals surface area (Å²) < 4.78 is 6.05. The highest BCUT2D eigenvalue weighted by Crippen LogP contribution is 2.50. The zero-order chi connectivity index (χ0) is 23.5. The standard InChI is InChI=1S/C30H34N2O2/c1-23-14-16-26(17-15-23)32-28-13-7-6-12-27(28)29(33)31(30(32)18-8-9-19-30)20-24(2)21-34-22-25-10-4-3-5-11-25/h3-7,10-17,24H,8-9,18-22H2,1-2H3. The van der Waals surface area contributed by atoms with E-state index in [9.17, 15) is 4.79 Å². The van der Waals surface area contributed by atoms with Crippen molar-refractivity contribution in [2.24, 2.45) is 5.92 Å². The molecule has 3 aromatic carbocycles. The lowest BCUT2D eigenvalue weighted by molar-refractivity contribution is 0.0275. The van der Waals surface area contributed by atoms with E-state index in [1.54, 1.807) is 0 Å². The molecule has 0 bridgehead atoms. The highest BCUT2D eigenvalue weighted by atomic mass is 16.5. The summed E-state index contributed by atoms with van der Waals surface area (Å²) in [5.41, 5.74) is 5.07. The maximum absolute atomic E-state index is 13.9. The Labute approximate surface area is 203 Å². The number of rotatable bonds is 7. The van der Waals surface area contributed by atoms with Gasteiger partial charge in [-0.3, -0.25) is 4.79 Å². The van der Waals surface area contributed by atoms with E-state index in [0.717, 1.165) is 42.6 Å². The molecule has 4 heteroatoms. The van der Waals surface area contributed by atoms with Crippen molar-refractivity contribution in [3.63, 3.8) is 0 Å². The van der Waals surface area contributed by atoms with Crippen LogP contribution in [0.4, 0.5) is 11.4 Å². The Morgan fingerprint density at radius 1 is 0.912 bits per heavy atom. The van der Waals surface area contributed by atoms with Gasteiger partial charge in [-0.15, -0.1) is 0 Å². The molecular formula is C30H34N2O2. The van der Waals surface area contributed by atoms with Gasteiger partial charge in [0.05, 0.1) is 24.5 Å². The molecule has 0 radical (unpaired) electrons. The molecular weight excluding hydrogens is 420 g/mol. The molecule has 1 spiro atoms. The van der Waals surface area contributed by atoms with Gasteiger partial charge in [0.2, 0.25) is 0 Å². The van der Waals surface area contributed by atoms with Crippen LogP contribution in [0.25, 0.3) is 0 Å². The average Bonchev–Trinajstić information content (AvgIpc) is 3.34. The SMILES string of the molecule is Cc1ccc(N2c3ccccc3C(=O)N(CC(C)COCc3ccccc3)C23CCCC3)cc1. The minimum Gasteiger partial charge on any atom is -0.376 e. The molecule has 0 aromatic heterocycles. The Hall–Kier alpha value is -3.11. The molecule has 3 aromatic rings. The molecule has 5 rings (SSSR count). The van der Waals surface area contributed by atoms with Crippen LogP contribution in [-0.2, 0) is 11.3 Å². The average molecular weight is 455 g/mol. The molecule has 1 aliphatic carbocycles. The van der Waals surface area contributed by atoms with Gasteiger partial charge in [0.15, 0.2) is 0 Å². The first-order valence-electron chi connectivity index (χ1n) is 12.5. The summed E-state index contributed by atoms with van der Waals surface area (Å²) in [5.74, 6) is 0.381. The molecule has 1 amide bonds. The summed E-state index contributed by atoms with van der Waals surface area (Å²) in [6, 6.07) is 27.1. The molecule has 0 saturated heterocycles. The molecule has 1 heterocycles. The number of fused-ring (bicyclic) bond motifs is 1. The van der Waals surface area contributed by atoms with E-state index in [1.165, 1.54) is 11.1 Å². The van der Waals surface area contributed by atoms with Gasteiger partial charge in [-0.05, 0) is 68.4 Å². The maximum Gasteiger partial charge on any atom is 0.257 e. The first kappa shape index (κ1) is 22.7. The molecule has 176 valence electrons. The van der Waals surface area contributed by atoms with Crippen molar-refractivity contribution in [1.82, 2.24) is 4.90 Å². The van der Waals surface area contributed by atoms with Gasteiger partial charge >= 0.3 is 0 Å². The van der Waals surface area contributed by atoms with E-state index in [1.807, 2.05) is 36.4 Å². The lowest BCUT2D eigenvalue weighted by atomic mass is 9.92. The largest absolute Gasteiger partial charge is 0.376 e. The monoisotopic (exact) mass is 454 g/mol. The third-order valence-electron chi connectivity index (χ3n) is 7.24. The second-order valence-corrected chi connectivity index (χ2v) is 9.90. The summed E-state index contributed by atoms with van der Waals surface area (Å²) in [5, 5.41) is 0. The molecule has 1 atom stereocenters. The number of carbonyl (C=O) groups is 1. The second-order valence-electron chi connectivity index (χ2n) is 9.90. The molecule has 1 aliphatic heterocycles. The van der Waals surface area contributed by atoms with Crippen molar-refractivity contribution < 1.29 is 9.53 Å². The number of hydrogen-bond donors (Lipinski definition) is 0. The Morgan fingerprint density at radius 2 is 1.59 bits per heavy atom. The van der Waals surface area contributed by atoms with Gasteiger partial charge < -0.3 is 14.5 Å². The van der Waals surface area contributed by atoms with Crippen LogP contribution in [0.15, 0.2) is 78.9 Å². The Morgan fingerprint density at radius 3 is 2.32 bits per heavy atom. The number of ether oxygens (including phenoxy) is 1. The number of carbonyl (C=O) groups excluding carboxylic acids is 1. The number of amides is 1. The van der Waals surface area contributed by atoms with Crippen LogP contribution in [-0.4, -0.2) is 29.6 Å². The fourth-order valence-electron chi connectivity index (χ4n) is 5.61. The van der Waals surface area contributed by atoms with E-state index in [4.69, 9.17) is 4.74 Å². The molecule has 0 N–H and O–H groups in total. The third kappa shape index (κ3) is 4.23. The molecule has 1 fully saturated rings. The predicted octanol–water partition coefficient (Wildman–Crippen LogP) is 6.71. The zero-order valence-corrected chi connectivity index (χ0v) is 20.2. The van der Waals surface area contributed by atoms with E-state index in [0.29, 0.717) is 19.8 Å². The number of nitrogens with zero attached hydrogens (tertiary/aromatic N) is 2. The fraction of sp³-hybridized carbons (Fsp3) is 0.367. The molecule has 1 unspecified atom stereocenters. The highest BCUT2D eigenvalue weighted by Gasteiger charge is 2.52. The van der Waals surface area contributed by atoms with Gasteiger partial charge in [0.1, 0.15) is 5.66 Å². The van der Waals surface area contributed by atoms with Crippen molar-refractivity contribution in [3.05, 3.63) is 95.6 Å². The van der Waals surface area contributed by atoms with Crippen molar-refractivity contribution in [1.29, 1.82) is 0 Å². The summed E-state index contributed by atoms with van der Waals surface area (Å²) >= 11 is 0. The van der Waals surface area contributed by atoms with Crippen LogP contribution in [0.2, 0.25) is 0 Å². The topological polar surface area (TPSA) is 32.8 Å². The summed E-state index contributed by atoms with van der Waals surface area (Å²) in [4.78, 5) is 18.5. The fourth-order valence-corrected chi connectivity index (χ4v) is 5.61. The highest BCUT2D eigenvalue weighted by molar-refractivity contribution is 6.04. The molecule has 4 nitrogen and oxygen atoms in total. The Balaban J connectivity index is 1.44. The van der Waals surface area contributed by atoms with Crippen LogP contribution < -0.4 is 4.90 Å². The third-order valence-corrected chi connectivity index (χ3v) is 7.24. The molecule has 2 aliphatic rings. The lowest BCUT2D eigenvalue weighted by Gasteiger charge is -2.54. The van der Waals surface area contributed by atoms with Crippen molar-refractivity contribution in [2.75, 3.05) is 18.1 Å². The van der Waals surface area contributed by atoms with Crippen LogP contribution in [0.1, 0.15) is 54.1 Å². The second kappa shape index (κ2) is 9.63. The smallest absolute Gasteiger partial charge is 0.257 e. The number of benzene rings is 3. The van der Waals surface area contributed by atoms with Gasteiger partial charge in [0.25, 0.3) is 5.91 Å². The lowest BCUT2D eigenvalue weighted by Crippen LogP contribution is -2.63. The van der Waals surface area contributed by atoms with Crippen LogP contribution in [0.3, 0.4) is 0 Å². The first-order valence-corrected chi connectivity index (χ1v) is 12.5. The van der Waals surface area contributed by atoms with Gasteiger partial charge in [-0.1, -0.05) is 67.1 Å². The van der Waals surface area contributed by atoms with E-state index in [2.05, 4.69) is 66.1 Å². The van der Waals surface area contributed by atoms with Crippen molar-refractivity contribution in [3.8, 4) is 0 Å². The zero-order valence-electron chi connectivity index (χ0n) is 20.2. The normalized spacial score (nSPS) is 17.8. The predicted molar refractivity (Wildman–Crippen MR) is 137 cm³/mol. The van der Waals surface area contributed by atoms with Crippen molar-refractivity contribution in [2.45, 2.75) is 51.8 Å². The van der Waals surface area contributed by atoms with Crippen LogP contribution in [0.5, 0.6) is 0 Å². The number of para-hydroxylation sites is 1. The maximum atomic E-state index is 13.9. The minimum atomic E-state index is -0.325. The van der Waals surface area contributed by atoms with Crippen LogP contribution in [0, 0.1) is 12.8 Å². The number of hydrogen-bond acceptors (Lipinski definition) is 3. The Bertz CT molecular complexity index is 1120. The quantitative estimate of drug-likeness (QED) is 0.398. The van der Waals surface area contributed by atoms with Crippen molar-refractivity contribution >= 4 is 17.3 Å². The van der Waals surface area contributed by atoms with Gasteiger partial charge in [-0.25, -0.2) is 0 Å². The Kier molecular flexibility index (Phi) is 6.42. The van der Waals surface area contributed by atoms with Crippen LogP contribution >= 0.6 is 0 Å². The van der Waals surface area contributed by atoms with E-state index < -0.39 is 0 Å². The molecule has 1 saturated carbocycles. The van der Waals surface area contributed by atoms with E-state index in [-0.39, 0.29) is 17.5 Å². The van der Waals surface area contributed by atoms with Gasteiger partial charge in [-0.2, -0.15) is 0 Å². The first-order chi connectivity index (χ1) is 16.6.